The minimum Gasteiger partial charge on any atom is -0.344 e. The highest BCUT2D eigenvalue weighted by atomic mass is 32.1. The maximum Gasteiger partial charge on any atom is 0.185 e. The van der Waals surface area contributed by atoms with E-state index in [4.69, 9.17) is 5.26 Å². The SMILES string of the molecule is Cc1nc(N2CC(n3cc(C#N)cn3)C2)sc1C. The first kappa shape index (κ1) is 11.2. The van der Waals surface area contributed by atoms with Crippen LogP contribution in [0.15, 0.2) is 12.4 Å². The molecule has 0 saturated carbocycles. The van der Waals surface area contributed by atoms with Gasteiger partial charge in [-0.1, -0.05) is 0 Å². The molecule has 1 aliphatic rings. The van der Waals surface area contributed by atoms with E-state index in [0.717, 1.165) is 23.9 Å². The molecular weight excluding hydrogens is 246 g/mol. The van der Waals surface area contributed by atoms with Crippen LogP contribution in [0.3, 0.4) is 0 Å². The Morgan fingerprint density at radius 2 is 2.22 bits per heavy atom. The van der Waals surface area contributed by atoms with Gasteiger partial charge in [-0.25, -0.2) is 4.98 Å². The molecule has 2 aromatic rings. The Balaban J connectivity index is 1.68. The van der Waals surface area contributed by atoms with E-state index in [2.05, 4.69) is 28.0 Å². The van der Waals surface area contributed by atoms with Crippen LogP contribution in [0.2, 0.25) is 0 Å². The molecule has 0 spiro atoms. The normalized spacial score (nSPS) is 15.5. The first-order valence-corrected chi connectivity index (χ1v) is 6.62. The van der Waals surface area contributed by atoms with Crippen molar-refractivity contribution in [2.75, 3.05) is 18.0 Å². The summed E-state index contributed by atoms with van der Waals surface area (Å²) >= 11 is 1.74. The van der Waals surface area contributed by atoms with Gasteiger partial charge in [-0.15, -0.1) is 11.3 Å². The fourth-order valence-electron chi connectivity index (χ4n) is 1.97. The second kappa shape index (κ2) is 4.10. The van der Waals surface area contributed by atoms with Gasteiger partial charge in [0.1, 0.15) is 6.07 Å². The van der Waals surface area contributed by atoms with Gasteiger partial charge < -0.3 is 4.90 Å². The van der Waals surface area contributed by atoms with Gasteiger partial charge in [0.05, 0.1) is 23.5 Å². The molecule has 18 heavy (non-hydrogen) atoms. The Morgan fingerprint density at radius 3 is 2.78 bits per heavy atom. The fourth-order valence-corrected chi connectivity index (χ4v) is 2.89. The molecule has 1 fully saturated rings. The molecule has 0 amide bonds. The van der Waals surface area contributed by atoms with E-state index < -0.39 is 0 Å². The van der Waals surface area contributed by atoms with Gasteiger partial charge in [-0.3, -0.25) is 4.68 Å². The predicted octanol–water partition coefficient (Wildman–Crippen LogP) is 1.89. The third-order valence-corrected chi connectivity index (χ3v) is 4.39. The first-order chi connectivity index (χ1) is 8.67. The Bertz CT molecular complexity index is 595. The number of thiazole rings is 1. The summed E-state index contributed by atoms with van der Waals surface area (Å²) in [6.07, 6.45) is 3.42. The van der Waals surface area contributed by atoms with Crippen molar-refractivity contribution in [3.05, 3.63) is 28.5 Å². The standard InChI is InChI=1S/C12H13N5S/c1-8-9(2)18-12(15-8)16-6-11(7-16)17-5-10(3-13)4-14-17/h4-5,11H,6-7H2,1-2H3. The molecule has 3 heterocycles. The molecule has 0 aromatic carbocycles. The zero-order chi connectivity index (χ0) is 12.7. The number of nitriles is 1. The van der Waals surface area contributed by atoms with Gasteiger partial charge in [0.2, 0.25) is 0 Å². The first-order valence-electron chi connectivity index (χ1n) is 5.80. The number of rotatable bonds is 2. The van der Waals surface area contributed by atoms with E-state index in [1.54, 1.807) is 23.7 Å². The third-order valence-electron chi connectivity index (χ3n) is 3.25. The molecule has 6 heteroatoms. The van der Waals surface area contributed by atoms with E-state index in [-0.39, 0.29) is 0 Å². The zero-order valence-electron chi connectivity index (χ0n) is 10.3. The summed E-state index contributed by atoms with van der Waals surface area (Å²) in [7, 11) is 0. The minimum absolute atomic E-state index is 0.358. The van der Waals surface area contributed by atoms with E-state index >= 15 is 0 Å². The molecule has 0 bridgehead atoms. The number of aryl methyl sites for hydroxylation is 2. The summed E-state index contributed by atoms with van der Waals surface area (Å²) in [6.45, 7) is 5.97. The van der Waals surface area contributed by atoms with Gasteiger partial charge >= 0.3 is 0 Å². The molecule has 2 aromatic heterocycles. The van der Waals surface area contributed by atoms with Crippen molar-refractivity contribution in [2.24, 2.45) is 0 Å². The highest BCUT2D eigenvalue weighted by Gasteiger charge is 2.31. The van der Waals surface area contributed by atoms with Crippen molar-refractivity contribution >= 4 is 16.5 Å². The van der Waals surface area contributed by atoms with Crippen LogP contribution >= 0.6 is 11.3 Å². The van der Waals surface area contributed by atoms with Crippen LogP contribution in [0.25, 0.3) is 0 Å². The highest BCUT2D eigenvalue weighted by molar-refractivity contribution is 7.15. The maximum absolute atomic E-state index is 8.76. The van der Waals surface area contributed by atoms with E-state index in [9.17, 15) is 0 Å². The average molecular weight is 259 g/mol. The molecule has 5 nitrogen and oxygen atoms in total. The van der Waals surface area contributed by atoms with Crippen molar-refractivity contribution in [1.82, 2.24) is 14.8 Å². The van der Waals surface area contributed by atoms with Gasteiger partial charge in [0.25, 0.3) is 0 Å². The lowest BCUT2D eigenvalue weighted by Gasteiger charge is -2.38. The molecule has 0 aliphatic carbocycles. The lowest BCUT2D eigenvalue weighted by molar-refractivity contribution is 0.368. The lowest BCUT2D eigenvalue weighted by Crippen LogP contribution is -2.48. The number of hydrogen-bond acceptors (Lipinski definition) is 5. The van der Waals surface area contributed by atoms with Crippen LogP contribution in [0, 0.1) is 25.2 Å². The summed E-state index contributed by atoms with van der Waals surface area (Å²) in [6, 6.07) is 2.45. The Labute approximate surface area is 109 Å². The van der Waals surface area contributed by atoms with Crippen LogP contribution in [-0.4, -0.2) is 27.9 Å². The molecule has 0 unspecified atom stereocenters. The van der Waals surface area contributed by atoms with Crippen LogP contribution in [0.1, 0.15) is 22.2 Å². The van der Waals surface area contributed by atoms with Crippen LogP contribution < -0.4 is 4.90 Å². The van der Waals surface area contributed by atoms with Gasteiger partial charge in [-0.05, 0) is 13.8 Å². The van der Waals surface area contributed by atoms with E-state index in [0.29, 0.717) is 11.6 Å². The van der Waals surface area contributed by atoms with Gasteiger partial charge in [0.15, 0.2) is 5.13 Å². The summed E-state index contributed by atoms with van der Waals surface area (Å²) in [4.78, 5) is 8.07. The van der Waals surface area contributed by atoms with E-state index in [1.165, 1.54) is 4.88 Å². The molecule has 1 aliphatic heterocycles. The lowest BCUT2D eigenvalue weighted by atomic mass is 10.1. The van der Waals surface area contributed by atoms with Crippen molar-refractivity contribution in [3.63, 3.8) is 0 Å². The Hall–Kier alpha value is -1.87. The summed E-state index contributed by atoms with van der Waals surface area (Å²) < 4.78 is 1.88. The third kappa shape index (κ3) is 1.77. The van der Waals surface area contributed by atoms with Crippen LogP contribution in [-0.2, 0) is 0 Å². The molecule has 0 N–H and O–H groups in total. The minimum atomic E-state index is 0.358. The number of nitrogens with zero attached hydrogens (tertiary/aromatic N) is 5. The highest BCUT2D eigenvalue weighted by Crippen LogP contribution is 2.32. The Morgan fingerprint density at radius 1 is 1.44 bits per heavy atom. The molecule has 1 saturated heterocycles. The van der Waals surface area contributed by atoms with Crippen molar-refractivity contribution < 1.29 is 0 Å². The smallest absolute Gasteiger partial charge is 0.185 e. The largest absolute Gasteiger partial charge is 0.344 e. The van der Waals surface area contributed by atoms with Gasteiger partial charge in [0, 0.05) is 24.2 Å². The number of hydrogen-bond donors (Lipinski definition) is 0. The number of aromatic nitrogens is 3. The fraction of sp³-hybridized carbons (Fsp3) is 0.417. The van der Waals surface area contributed by atoms with Gasteiger partial charge in [-0.2, -0.15) is 10.4 Å². The topological polar surface area (TPSA) is 57.7 Å². The quantitative estimate of drug-likeness (QED) is 0.826. The zero-order valence-corrected chi connectivity index (χ0v) is 11.1. The van der Waals surface area contributed by atoms with Crippen molar-refractivity contribution in [2.45, 2.75) is 19.9 Å². The maximum atomic E-state index is 8.76. The molecule has 0 radical (unpaired) electrons. The molecule has 92 valence electrons. The van der Waals surface area contributed by atoms with E-state index in [1.807, 2.05) is 11.6 Å². The number of anilines is 1. The van der Waals surface area contributed by atoms with Crippen molar-refractivity contribution in [3.8, 4) is 6.07 Å². The Kier molecular flexibility index (Phi) is 2.56. The van der Waals surface area contributed by atoms with Crippen LogP contribution in [0.4, 0.5) is 5.13 Å². The average Bonchev–Trinajstić information content (AvgIpc) is 2.86. The summed E-state index contributed by atoms with van der Waals surface area (Å²) in [5, 5.41) is 14.1. The summed E-state index contributed by atoms with van der Waals surface area (Å²) in [5.74, 6) is 0. The monoisotopic (exact) mass is 259 g/mol. The predicted molar refractivity (Wildman–Crippen MR) is 69.8 cm³/mol. The second-order valence-corrected chi connectivity index (χ2v) is 5.70. The second-order valence-electron chi connectivity index (χ2n) is 4.52. The summed E-state index contributed by atoms with van der Waals surface area (Å²) in [5.41, 5.74) is 1.73. The molecule has 3 rings (SSSR count). The molecule has 0 atom stereocenters. The van der Waals surface area contributed by atoms with Crippen LogP contribution in [0.5, 0.6) is 0 Å². The molecular formula is C12H13N5S. The van der Waals surface area contributed by atoms with Crippen molar-refractivity contribution in [1.29, 1.82) is 5.26 Å².